The van der Waals surface area contributed by atoms with Gasteiger partial charge in [0, 0.05) is 26.2 Å². The molecular weight excluding hydrogens is 251 g/mol. The van der Waals surface area contributed by atoms with E-state index in [2.05, 4.69) is 5.73 Å². The third kappa shape index (κ3) is 36.0. The van der Waals surface area contributed by atoms with Gasteiger partial charge in [-0.15, -0.1) is 0 Å². The quantitative estimate of drug-likeness (QED) is 0.203. The number of nitrogens with zero attached hydrogens (tertiary/aromatic N) is 1. The molecule has 0 aliphatic rings. The second-order valence-corrected chi connectivity index (χ2v) is 2.92. The first kappa shape index (κ1) is 27.1. The van der Waals surface area contributed by atoms with Gasteiger partial charge in [0.2, 0.25) is 0 Å². The maximum absolute atomic E-state index is 8.48. The van der Waals surface area contributed by atoms with E-state index < -0.39 is 0 Å². The fourth-order valence-corrected chi connectivity index (χ4v) is 0.760. The van der Waals surface area contributed by atoms with Gasteiger partial charge in [-0.25, -0.2) is 0 Å². The van der Waals surface area contributed by atoms with E-state index in [1.165, 1.54) is 0 Å². The Hall–Kier alpha value is 0.720. The largest absolute Gasteiger partial charge is 1.00 e. The molecule has 7 nitrogen and oxygen atoms in total. The number of hydrogen-bond acceptors (Lipinski definition) is 7. The third-order valence-electron chi connectivity index (χ3n) is 1.47. The van der Waals surface area contributed by atoms with Crippen molar-refractivity contribution in [3.05, 3.63) is 0 Å². The van der Waals surface area contributed by atoms with Gasteiger partial charge >= 0.3 is 29.6 Å². The summed E-state index contributed by atoms with van der Waals surface area (Å²) in [7, 11) is 0. The summed E-state index contributed by atoms with van der Waals surface area (Å²) in [5.41, 5.74) is 4.40. The van der Waals surface area contributed by atoms with Crippen molar-refractivity contribution >= 4 is 0 Å². The van der Waals surface area contributed by atoms with E-state index in [1.54, 1.807) is 4.90 Å². The fourth-order valence-electron chi connectivity index (χ4n) is 0.760. The van der Waals surface area contributed by atoms with Crippen molar-refractivity contribution < 1.29 is 56.5 Å². The van der Waals surface area contributed by atoms with E-state index >= 15 is 0 Å². The van der Waals surface area contributed by atoms with Crippen LogP contribution in [0.3, 0.4) is 0 Å². The summed E-state index contributed by atoms with van der Waals surface area (Å²) in [5.74, 6) is 0. The van der Waals surface area contributed by atoms with Crippen LogP contribution in [0.25, 0.3) is 0 Å². The van der Waals surface area contributed by atoms with Crippen LogP contribution in [0.5, 0.6) is 0 Å². The maximum Gasteiger partial charge on any atom is 1.00 e. The molecule has 0 rings (SSSR count). The van der Waals surface area contributed by atoms with Crippen LogP contribution in [0.15, 0.2) is 0 Å². The van der Waals surface area contributed by atoms with Crippen LogP contribution in [0.2, 0.25) is 0 Å². The second kappa shape index (κ2) is 30.6. The summed E-state index contributed by atoms with van der Waals surface area (Å²) in [6, 6.07) is 0. The summed E-state index contributed by atoms with van der Waals surface area (Å²) < 4.78 is 0. The van der Waals surface area contributed by atoms with Gasteiger partial charge in [0.05, 0.1) is 26.6 Å². The Labute approximate surface area is 133 Å². The molecule has 0 spiro atoms. The van der Waals surface area contributed by atoms with E-state index in [0.717, 1.165) is 6.42 Å². The molecule has 0 heterocycles. The van der Waals surface area contributed by atoms with Gasteiger partial charge in [0.25, 0.3) is 0 Å². The van der Waals surface area contributed by atoms with Crippen LogP contribution in [0, 0.1) is 0 Å². The van der Waals surface area contributed by atoms with E-state index in [4.69, 9.17) is 25.5 Å². The molecule has 0 amide bonds. The molecule has 8 heteroatoms. The van der Waals surface area contributed by atoms with Crippen LogP contribution in [-0.4, -0.2) is 83.2 Å². The molecule has 0 fully saturated rings. The van der Waals surface area contributed by atoms with Crippen molar-refractivity contribution in [1.29, 1.82) is 0 Å². The van der Waals surface area contributed by atoms with Gasteiger partial charge in [-0.2, -0.15) is 0 Å². The molecule has 0 aromatic heterocycles. The molecule has 7 N–H and O–H groups in total. The fraction of sp³-hybridized carbons (Fsp3) is 1.00. The van der Waals surface area contributed by atoms with Crippen molar-refractivity contribution in [3.8, 4) is 0 Å². The number of aliphatic hydroxyl groups is 5. The molecule has 0 saturated carbocycles. The Bertz CT molecular complexity index is 104. The predicted octanol–water partition coefficient (Wildman–Crippen LogP) is -5.33. The molecule has 0 radical (unpaired) electrons. The Balaban J connectivity index is -0.0000000618. The molecule has 0 aliphatic heterocycles. The third-order valence-corrected chi connectivity index (χ3v) is 1.47. The van der Waals surface area contributed by atoms with Crippen molar-refractivity contribution in [3.63, 3.8) is 0 Å². The van der Waals surface area contributed by atoms with Gasteiger partial charge < -0.3 is 32.7 Å². The van der Waals surface area contributed by atoms with Gasteiger partial charge in [-0.05, 0) is 6.42 Å². The number of hydrogen-bond donors (Lipinski definition) is 6. The standard InChI is InChI=1S/C6H15NO3.C3H8O.CH5NO.Na.H/c8-4-1-7(2-5-9)3-6-10;1-2-3-4;2-1-3;;/h8-10H,1-6H2;4H,2-3H2,1H3;3H,1-2H2;;/q;;;+1;-1. The molecule has 0 aromatic carbocycles. The average molecular weight is 280 g/mol. The average Bonchev–Trinajstić information content (AvgIpc) is 2.31. The second-order valence-electron chi connectivity index (χ2n) is 2.92. The minimum Gasteiger partial charge on any atom is -1.00 e. The molecule has 0 bridgehead atoms. The number of aliphatic hydroxyl groups excluding tert-OH is 5. The molecule has 0 aromatic rings. The van der Waals surface area contributed by atoms with Crippen molar-refractivity contribution in [2.45, 2.75) is 13.3 Å². The SMILES string of the molecule is CCCO.NCO.OCCN(CCO)CCO.[H-].[Na+]. The van der Waals surface area contributed by atoms with Crippen molar-refractivity contribution in [2.75, 3.05) is 52.8 Å². The smallest absolute Gasteiger partial charge is 1.00 e. The maximum atomic E-state index is 8.48. The molecular formula is C10H29N2NaO5. The molecule has 18 heavy (non-hydrogen) atoms. The Kier molecular flexibility index (Phi) is 46.1. The van der Waals surface area contributed by atoms with E-state index in [9.17, 15) is 0 Å². The van der Waals surface area contributed by atoms with Crippen molar-refractivity contribution in [2.24, 2.45) is 5.73 Å². The summed E-state index contributed by atoms with van der Waals surface area (Å²) in [4.78, 5) is 1.79. The first-order chi connectivity index (χ1) is 8.17. The summed E-state index contributed by atoms with van der Waals surface area (Å²) >= 11 is 0. The molecule has 110 valence electrons. The Morgan fingerprint density at radius 2 is 1.06 bits per heavy atom. The van der Waals surface area contributed by atoms with E-state index in [-0.39, 0.29) is 57.5 Å². The van der Waals surface area contributed by atoms with E-state index in [0.29, 0.717) is 26.2 Å². The van der Waals surface area contributed by atoms with Crippen LogP contribution in [0.4, 0.5) is 0 Å². The zero-order valence-electron chi connectivity index (χ0n) is 12.6. The molecule has 0 saturated heterocycles. The Morgan fingerprint density at radius 1 is 0.833 bits per heavy atom. The first-order valence-corrected chi connectivity index (χ1v) is 5.65. The Morgan fingerprint density at radius 3 is 1.17 bits per heavy atom. The van der Waals surface area contributed by atoms with Crippen molar-refractivity contribution in [1.82, 2.24) is 4.90 Å². The van der Waals surface area contributed by atoms with Crippen LogP contribution >= 0.6 is 0 Å². The predicted molar refractivity (Wildman–Crippen MR) is 67.5 cm³/mol. The van der Waals surface area contributed by atoms with Crippen LogP contribution < -0.4 is 35.3 Å². The van der Waals surface area contributed by atoms with Gasteiger partial charge in [0.15, 0.2) is 0 Å². The minimum atomic E-state index is -0.250. The molecule has 0 atom stereocenters. The monoisotopic (exact) mass is 280 g/mol. The minimum absolute atomic E-state index is 0. The van der Waals surface area contributed by atoms with Gasteiger partial charge in [-0.1, -0.05) is 6.92 Å². The van der Waals surface area contributed by atoms with E-state index in [1.807, 2.05) is 6.92 Å². The normalized spacial score (nSPS) is 8.67. The topological polar surface area (TPSA) is 130 Å². The number of nitrogens with two attached hydrogens (primary N) is 1. The van der Waals surface area contributed by atoms with Gasteiger partial charge in [0.1, 0.15) is 0 Å². The van der Waals surface area contributed by atoms with Crippen LogP contribution in [0.1, 0.15) is 14.8 Å². The van der Waals surface area contributed by atoms with Crippen LogP contribution in [-0.2, 0) is 0 Å². The molecule has 0 unspecified atom stereocenters. The molecule has 0 aliphatic carbocycles. The summed E-state index contributed by atoms with van der Waals surface area (Å²) in [5, 5.41) is 40.7. The summed E-state index contributed by atoms with van der Waals surface area (Å²) in [6.07, 6.45) is 0.875. The number of rotatable bonds is 7. The zero-order chi connectivity index (χ0) is 13.9. The first-order valence-electron chi connectivity index (χ1n) is 5.65. The summed E-state index contributed by atoms with van der Waals surface area (Å²) in [6.45, 7) is 3.75. The zero-order valence-corrected chi connectivity index (χ0v) is 13.6. The van der Waals surface area contributed by atoms with Gasteiger partial charge in [-0.3, -0.25) is 4.90 Å².